The molecule has 0 radical (unpaired) electrons. The van der Waals surface area contributed by atoms with Crippen LogP contribution in [0.1, 0.15) is 6.42 Å². The van der Waals surface area contributed by atoms with Gasteiger partial charge in [-0.15, -0.1) is 0 Å². The van der Waals surface area contributed by atoms with Crippen molar-refractivity contribution in [3.63, 3.8) is 0 Å². The Morgan fingerprint density at radius 3 is 2.75 bits per heavy atom. The second kappa shape index (κ2) is 5.76. The molecule has 2 rings (SSSR count). The Balaban J connectivity index is 2.44. The van der Waals surface area contributed by atoms with Crippen LogP contribution in [0.4, 0.5) is 5.69 Å². The zero-order valence-corrected chi connectivity index (χ0v) is 12.9. The van der Waals surface area contributed by atoms with E-state index in [1.165, 1.54) is 22.5 Å². The Morgan fingerprint density at radius 2 is 2.20 bits per heavy atom. The van der Waals surface area contributed by atoms with Gasteiger partial charge in [-0.2, -0.15) is 4.31 Å². The summed E-state index contributed by atoms with van der Waals surface area (Å²) < 4.78 is 26.8. The normalized spacial score (nSPS) is 20.2. The molecular formula is C11H14BrN3O4S. The van der Waals surface area contributed by atoms with Crippen LogP contribution in [0.15, 0.2) is 27.6 Å². The van der Waals surface area contributed by atoms with Crippen molar-refractivity contribution in [3.05, 3.63) is 32.8 Å². The molecule has 1 saturated heterocycles. The van der Waals surface area contributed by atoms with Gasteiger partial charge >= 0.3 is 0 Å². The van der Waals surface area contributed by atoms with Crippen molar-refractivity contribution >= 4 is 31.6 Å². The van der Waals surface area contributed by atoms with Crippen molar-refractivity contribution < 1.29 is 13.3 Å². The summed E-state index contributed by atoms with van der Waals surface area (Å²) in [5, 5.41) is 11.0. The summed E-state index contributed by atoms with van der Waals surface area (Å²) in [4.78, 5) is 10.0. The predicted octanol–water partition coefficient (Wildman–Crippen LogP) is 1.33. The topological polar surface area (TPSA) is 107 Å². The Bertz CT molecular complexity index is 635. The van der Waals surface area contributed by atoms with Gasteiger partial charge in [-0.3, -0.25) is 10.1 Å². The van der Waals surface area contributed by atoms with E-state index in [1.54, 1.807) is 0 Å². The van der Waals surface area contributed by atoms with Gasteiger partial charge in [0.25, 0.3) is 5.69 Å². The monoisotopic (exact) mass is 363 g/mol. The standard InChI is InChI=1S/C11H14BrN3O4S/c12-9-1-2-10(15(16)17)11(5-9)20(18,19)14-4-3-8(6-13)7-14/h1-2,5,8H,3-4,6-7,13H2. The quantitative estimate of drug-likeness (QED) is 0.641. The molecule has 1 atom stereocenters. The van der Waals surface area contributed by atoms with E-state index >= 15 is 0 Å². The number of nitrogens with zero attached hydrogens (tertiary/aromatic N) is 2. The molecular weight excluding hydrogens is 350 g/mol. The van der Waals surface area contributed by atoms with Crippen molar-refractivity contribution in [1.29, 1.82) is 0 Å². The molecule has 1 aliphatic rings. The van der Waals surface area contributed by atoms with E-state index in [0.29, 0.717) is 30.5 Å². The summed E-state index contributed by atoms with van der Waals surface area (Å²) in [6.07, 6.45) is 0.678. The lowest BCUT2D eigenvalue weighted by Crippen LogP contribution is -2.30. The fourth-order valence-electron chi connectivity index (χ4n) is 2.19. The van der Waals surface area contributed by atoms with Crippen molar-refractivity contribution in [3.8, 4) is 0 Å². The van der Waals surface area contributed by atoms with E-state index in [0.717, 1.165) is 0 Å². The first-order valence-corrected chi connectivity index (χ1v) is 8.23. The molecule has 0 saturated carbocycles. The number of benzene rings is 1. The van der Waals surface area contributed by atoms with Gasteiger partial charge < -0.3 is 5.73 Å². The molecule has 1 fully saturated rings. The molecule has 2 N–H and O–H groups in total. The van der Waals surface area contributed by atoms with Gasteiger partial charge in [0.1, 0.15) is 0 Å². The van der Waals surface area contributed by atoms with Crippen LogP contribution in [0.3, 0.4) is 0 Å². The molecule has 110 valence electrons. The Hall–Kier alpha value is -1.03. The maximum absolute atomic E-state index is 12.5. The van der Waals surface area contributed by atoms with Crippen molar-refractivity contribution in [1.82, 2.24) is 4.31 Å². The zero-order valence-electron chi connectivity index (χ0n) is 10.5. The number of rotatable bonds is 4. The number of nitro benzene ring substituents is 1. The smallest absolute Gasteiger partial charge is 0.289 e. The van der Waals surface area contributed by atoms with Gasteiger partial charge in [0.15, 0.2) is 4.90 Å². The summed E-state index contributed by atoms with van der Waals surface area (Å²) in [5.41, 5.74) is 5.13. The molecule has 0 aliphatic carbocycles. The summed E-state index contributed by atoms with van der Waals surface area (Å²) in [6, 6.07) is 3.90. The van der Waals surface area contributed by atoms with Crippen LogP contribution in [-0.4, -0.2) is 37.3 Å². The average Bonchev–Trinajstić information content (AvgIpc) is 2.87. The molecule has 7 nitrogen and oxygen atoms in total. The number of halogens is 1. The third-order valence-electron chi connectivity index (χ3n) is 3.32. The summed E-state index contributed by atoms with van der Waals surface area (Å²) >= 11 is 3.15. The molecule has 0 bridgehead atoms. The fourth-order valence-corrected chi connectivity index (χ4v) is 4.42. The largest absolute Gasteiger partial charge is 0.330 e. The molecule has 1 heterocycles. The van der Waals surface area contributed by atoms with Gasteiger partial charge in [-0.25, -0.2) is 8.42 Å². The highest BCUT2D eigenvalue weighted by Crippen LogP contribution is 2.32. The summed E-state index contributed by atoms with van der Waals surface area (Å²) in [6.45, 7) is 1.06. The zero-order chi connectivity index (χ0) is 14.9. The lowest BCUT2D eigenvalue weighted by molar-refractivity contribution is -0.387. The average molecular weight is 364 g/mol. The second-order valence-corrected chi connectivity index (χ2v) is 7.44. The molecule has 0 spiro atoms. The van der Waals surface area contributed by atoms with Crippen LogP contribution in [-0.2, 0) is 10.0 Å². The van der Waals surface area contributed by atoms with Crippen LogP contribution in [0.2, 0.25) is 0 Å². The van der Waals surface area contributed by atoms with Crippen molar-refractivity contribution in [2.75, 3.05) is 19.6 Å². The van der Waals surface area contributed by atoms with Gasteiger partial charge in [0.2, 0.25) is 10.0 Å². The van der Waals surface area contributed by atoms with Gasteiger partial charge in [-0.05, 0) is 31.0 Å². The molecule has 1 aliphatic heterocycles. The minimum atomic E-state index is -3.87. The minimum absolute atomic E-state index is 0.107. The Kier molecular flexibility index (Phi) is 4.43. The Morgan fingerprint density at radius 1 is 1.50 bits per heavy atom. The second-order valence-electron chi connectivity index (χ2n) is 4.62. The first kappa shape index (κ1) is 15.4. The molecule has 0 aromatic heterocycles. The molecule has 0 amide bonds. The number of nitro groups is 1. The van der Waals surface area contributed by atoms with E-state index in [4.69, 9.17) is 5.73 Å². The molecule has 1 unspecified atom stereocenters. The van der Waals surface area contributed by atoms with Gasteiger partial charge in [0, 0.05) is 23.6 Å². The molecule has 9 heteroatoms. The minimum Gasteiger partial charge on any atom is -0.330 e. The summed E-state index contributed by atoms with van der Waals surface area (Å²) in [7, 11) is -3.87. The van der Waals surface area contributed by atoms with E-state index in [9.17, 15) is 18.5 Å². The van der Waals surface area contributed by atoms with Gasteiger partial charge in [-0.1, -0.05) is 15.9 Å². The first-order chi connectivity index (χ1) is 9.36. The fraction of sp³-hybridized carbons (Fsp3) is 0.455. The lowest BCUT2D eigenvalue weighted by Gasteiger charge is -2.16. The van der Waals surface area contributed by atoms with Crippen molar-refractivity contribution in [2.24, 2.45) is 11.7 Å². The molecule has 1 aromatic rings. The maximum atomic E-state index is 12.5. The third-order valence-corrected chi connectivity index (χ3v) is 5.71. The highest BCUT2D eigenvalue weighted by Gasteiger charge is 2.36. The van der Waals surface area contributed by atoms with Crippen LogP contribution >= 0.6 is 15.9 Å². The Labute approximate surface area is 125 Å². The molecule has 1 aromatic carbocycles. The van der Waals surface area contributed by atoms with Crippen molar-refractivity contribution in [2.45, 2.75) is 11.3 Å². The van der Waals surface area contributed by atoms with Crippen LogP contribution < -0.4 is 5.73 Å². The predicted molar refractivity (Wildman–Crippen MR) is 76.7 cm³/mol. The SMILES string of the molecule is NCC1CCN(S(=O)(=O)c2cc(Br)ccc2[N+](=O)[O-])C1. The number of hydrogen-bond acceptors (Lipinski definition) is 5. The number of sulfonamides is 1. The van der Waals surface area contributed by atoms with E-state index in [-0.39, 0.29) is 10.8 Å². The van der Waals surface area contributed by atoms with Crippen LogP contribution in [0, 0.1) is 16.0 Å². The maximum Gasteiger partial charge on any atom is 0.289 e. The first-order valence-electron chi connectivity index (χ1n) is 6.00. The van der Waals surface area contributed by atoms with Crippen LogP contribution in [0.25, 0.3) is 0 Å². The lowest BCUT2D eigenvalue weighted by atomic mass is 10.1. The third kappa shape index (κ3) is 2.85. The highest BCUT2D eigenvalue weighted by molar-refractivity contribution is 9.10. The summed E-state index contributed by atoms with van der Waals surface area (Å²) in [5.74, 6) is 0.107. The van der Waals surface area contributed by atoms with Crippen LogP contribution in [0.5, 0.6) is 0 Å². The van der Waals surface area contributed by atoms with Gasteiger partial charge in [0.05, 0.1) is 4.92 Å². The number of hydrogen-bond donors (Lipinski definition) is 1. The van der Waals surface area contributed by atoms with E-state index in [2.05, 4.69) is 15.9 Å². The van der Waals surface area contributed by atoms with E-state index in [1.807, 2.05) is 0 Å². The van der Waals surface area contributed by atoms with E-state index < -0.39 is 20.6 Å². The molecule has 20 heavy (non-hydrogen) atoms. The highest BCUT2D eigenvalue weighted by atomic mass is 79.9. The number of nitrogens with two attached hydrogens (primary N) is 1.